The Bertz CT molecular complexity index is 1660. The molecule has 0 radical (unpaired) electrons. The highest BCUT2D eigenvalue weighted by Crippen LogP contribution is 2.43. The number of aliphatic hydroxyl groups excluding tert-OH is 1. The molecule has 0 aliphatic rings. The smallest absolute Gasteiger partial charge is 0.387 e. The Morgan fingerprint density at radius 2 is 0.845 bits per heavy atom. The van der Waals surface area contributed by atoms with Crippen LogP contribution < -0.4 is 5.32 Å². The number of hydrogen-bond acceptors (Lipinski definition) is 5. The van der Waals surface area contributed by atoms with Crippen LogP contribution >= 0.6 is 7.82 Å². The zero-order chi connectivity index (χ0) is 52.0. The van der Waals surface area contributed by atoms with Gasteiger partial charge in [0.05, 0.1) is 39.9 Å². The summed E-state index contributed by atoms with van der Waals surface area (Å²) < 4.78 is 23.5. The van der Waals surface area contributed by atoms with Gasteiger partial charge in [0.15, 0.2) is 0 Å². The summed E-state index contributed by atoms with van der Waals surface area (Å²) in [6.07, 6.45) is 79.7. The summed E-state index contributed by atoms with van der Waals surface area (Å²) >= 11 is 0. The molecule has 0 saturated carbocycles. The quantitative estimate of drug-likeness (QED) is 0.0243. The van der Waals surface area contributed by atoms with Crippen LogP contribution in [0.1, 0.15) is 187 Å². The SMILES string of the molecule is CC/C=C\C/C=C\C/C=C\C/C=C\C/C=C\C/C=C\C/C=C\C/C=C\C/C=C\C/C=C\C/C=C\CCCCCCCCCC(=O)NC(COP(=O)(O)OCC[N+](C)(C)C)C(O)/C=C/CCCCCCCC. The summed E-state index contributed by atoms with van der Waals surface area (Å²) in [5.41, 5.74) is 0. The van der Waals surface area contributed by atoms with Gasteiger partial charge in [-0.2, -0.15) is 0 Å². The van der Waals surface area contributed by atoms with E-state index in [2.05, 4.69) is 153 Å². The van der Waals surface area contributed by atoms with E-state index in [-0.39, 0.29) is 19.1 Å². The number of nitrogens with one attached hydrogen (secondary N) is 1. The Balaban J connectivity index is 4.06. The molecule has 3 atom stereocenters. The highest BCUT2D eigenvalue weighted by Gasteiger charge is 2.27. The van der Waals surface area contributed by atoms with Crippen LogP contribution in [0, 0.1) is 0 Å². The number of amides is 1. The summed E-state index contributed by atoms with van der Waals surface area (Å²) in [7, 11) is 1.54. The minimum absolute atomic E-state index is 0.0514. The topological polar surface area (TPSA) is 105 Å². The van der Waals surface area contributed by atoms with Crippen LogP contribution in [0.2, 0.25) is 0 Å². The van der Waals surface area contributed by atoms with E-state index < -0.39 is 20.0 Å². The number of unbranched alkanes of at least 4 members (excludes halogenated alkanes) is 13. The van der Waals surface area contributed by atoms with Crippen molar-refractivity contribution in [2.24, 2.45) is 0 Å². The molecule has 3 unspecified atom stereocenters. The molecule has 0 rings (SSSR count). The first-order chi connectivity index (χ1) is 34.5. The lowest BCUT2D eigenvalue weighted by atomic mass is 10.1. The van der Waals surface area contributed by atoms with E-state index in [9.17, 15) is 19.4 Å². The van der Waals surface area contributed by atoms with Gasteiger partial charge in [0, 0.05) is 6.42 Å². The number of hydrogen-bond donors (Lipinski definition) is 3. The molecule has 3 N–H and O–H groups in total. The molecule has 0 aliphatic carbocycles. The van der Waals surface area contributed by atoms with E-state index in [4.69, 9.17) is 9.05 Å². The Hall–Kier alpha value is -3.62. The first-order valence-electron chi connectivity index (χ1n) is 27.7. The van der Waals surface area contributed by atoms with Crippen molar-refractivity contribution >= 4 is 13.7 Å². The molecular weight excluding hydrogens is 900 g/mol. The van der Waals surface area contributed by atoms with Gasteiger partial charge in [-0.15, -0.1) is 0 Å². The number of quaternary nitrogens is 1. The van der Waals surface area contributed by atoms with Gasteiger partial charge < -0.3 is 19.8 Å². The first-order valence-corrected chi connectivity index (χ1v) is 29.2. The van der Waals surface area contributed by atoms with E-state index in [1.54, 1.807) is 6.08 Å². The van der Waals surface area contributed by atoms with E-state index in [1.807, 2.05) is 27.2 Å². The van der Waals surface area contributed by atoms with Crippen LogP contribution in [-0.4, -0.2) is 73.4 Å². The average molecular weight is 1000 g/mol. The molecular formula is C62H104N2O6P+. The van der Waals surface area contributed by atoms with Gasteiger partial charge in [-0.1, -0.05) is 224 Å². The molecule has 9 heteroatoms. The van der Waals surface area contributed by atoms with Crippen molar-refractivity contribution in [1.29, 1.82) is 0 Å². The van der Waals surface area contributed by atoms with Crippen LogP contribution in [0.5, 0.6) is 0 Å². The van der Waals surface area contributed by atoms with Gasteiger partial charge in [0.2, 0.25) is 5.91 Å². The molecule has 0 aliphatic heterocycles. The molecule has 8 nitrogen and oxygen atoms in total. The summed E-state index contributed by atoms with van der Waals surface area (Å²) in [5.74, 6) is -0.199. The summed E-state index contributed by atoms with van der Waals surface area (Å²) in [4.78, 5) is 23.1. The summed E-state index contributed by atoms with van der Waals surface area (Å²) in [6.45, 7) is 4.61. The number of rotatable bonds is 48. The van der Waals surface area contributed by atoms with Crippen LogP contribution in [0.3, 0.4) is 0 Å². The molecule has 1 amide bonds. The maximum Gasteiger partial charge on any atom is 0.472 e. The van der Waals surface area contributed by atoms with Crippen molar-refractivity contribution in [3.05, 3.63) is 146 Å². The molecule has 71 heavy (non-hydrogen) atoms. The molecule has 402 valence electrons. The number of allylic oxidation sites excluding steroid dienone is 23. The number of phosphoric ester groups is 1. The second-order valence-electron chi connectivity index (χ2n) is 19.2. The van der Waals surface area contributed by atoms with Crippen molar-refractivity contribution in [1.82, 2.24) is 5.32 Å². The molecule has 0 bridgehead atoms. The fourth-order valence-electron chi connectivity index (χ4n) is 6.99. The highest BCUT2D eigenvalue weighted by atomic mass is 31.2. The van der Waals surface area contributed by atoms with Gasteiger partial charge in [-0.3, -0.25) is 13.8 Å². The van der Waals surface area contributed by atoms with E-state index in [1.165, 1.54) is 44.9 Å². The average Bonchev–Trinajstić information content (AvgIpc) is 3.33. The van der Waals surface area contributed by atoms with Crippen LogP contribution in [0.15, 0.2) is 146 Å². The molecule has 0 heterocycles. The van der Waals surface area contributed by atoms with E-state index in [0.29, 0.717) is 17.4 Å². The third kappa shape index (κ3) is 54.0. The van der Waals surface area contributed by atoms with E-state index >= 15 is 0 Å². The fraction of sp³-hybridized carbons (Fsp3) is 0.597. The maximum atomic E-state index is 12.9. The number of carbonyl (C=O) groups is 1. The minimum atomic E-state index is -4.35. The Kier molecular flexibility index (Phi) is 48.7. The van der Waals surface area contributed by atoms with Crippen LogP contribution in [-0.2, 0) is 18.4 Å². The standard InChI is InChI=1S/C62H103N2O6P/c1-6-8-10-12-14-16-17-18-19-20-21-22-23-24-25-26-27-28-29-30-31-32-33-34-35-36-37-38-39-40-41-42-43-44-45-46-47-48-50-52-54-56-62(66)63-60(59-70-71(67,68)69-58-57-64(3,4)5)61(65)55-53-51-49-15-13-11-9-7-2/h8,10,14,16,18-19,21-22,24-25,27-28,30-31,33-34,36-37,39-40,42-43,53,55,60-61,65H,6-7,9,11-13,15,17,20,23,26,29,32,35,38,41,44-52,54,56-59H2,1-5H3,(H-,63,66,67,68)/p+1/b10-8-,16-14-,19-18-,22-21-,25-24-,28-27-,31-30-,34-33-,37-36-,40-39-,43-42-,55-53+. The zero-order valence-corrected chi connectivity index (χ0v) is 46.5. The molecule has 0 fully saturated rings. The number of likely N-dealkylation sites (N-methyl/N-ethyl adjacent to an activating group) is 1. The number of carbonyl (C=O) groups excluding carboxylic acids is 1. The molecule has 0 aromatic heterocycles. The Labute approximate surface area is 436 Å². The predicted octanol–water partition coefficient (Wildman–Crippen LogP) is 16.9. The van der Waals surface area contributed by atoms with Gasteiger partial charge in [-0.25, -0.2) is 4.57 Å². The fourth-order valence-corrected chi connectivity index (χ4v) is 7.72. The van der Waals surface area contributed by atoms with Crippen molar-refractivity contribution in [2.75, 3.05) is 40.9 Å². The largest absolute Gasteiger partial charge is 0.472 e. The molecule has 0 saturated heterocycles. The molecule has 0 aromatic rings. The lowest BCUT2D eigenvalue weighted by molar-refractivity contribution is -0.870. The third-order valence-electron chi connectivity index (χ3n) is 11.3. The lowest BCUT2D eigenvalue weighted by Crippen LogP contribution is -2.45. The van der Waals surface area contributed by atoms with Crippen LogP contribution in [0.25, 0.3) is 0 Å². The minimum Gasteiger partial charge on any atom is -0.387 e. The number of phosphoric acid groups is 1. The third-order valence-corrected chi connectivity index (χ3v) is 12.3. The van der Waals surface area contributed by atoms with Gasteiger partial charge in [0.1, 0.15) is 13.2 Å². The molecule has 0 aromatic carbocycles. The predicted molar refractivity (Wildman–Crippen MR) is 308 cm³/mol. The van der Waals surface area contributed by atoms with Gasteiger partial charge >= 0.3 is 7.82 Å². The first kappa shape index (κ1) is 67.4. The van der Waals surface area contributed by atoms with Crippen LogP contribution in [0.4, 0.5) is 0 Å². The van der Waals surface area contributed by atoms with E-state index in [0.717, 1.165) is 122 Å². The van der Waals surface area contributed by atoms with Crippen molar-refractivity contribution in [2.45, 2.75) is 199 Å². The maximum absolute atomic E-state index is 12.9. The second kappa shape index (κ2) is 51.3. The van der Waals surface area contributed by atoms with Crippen molar-refractivity contribution in [3.8, 4) is 0 Å². The zero-order valence-electron chi connectivity index (χ0n) is 45.6. The van der Waals surface area contributed by atoms with Gasteiger partial charge in [-0.05, 0) is 103 Å². The highest BCUT2D eigenvalue weighted by molar-refractivity contribution is 7.47. The number of aliphatic hydroxyl groups is 1. The molecule has 0 spiro atoms. The monoisotopic (exact) mass is 1000 g/mol. The van der Waals surface area contributed by atoms with Crippen molar-refractivity contribution in [3.63, 3.8) is 0 Å². The number of nitrogens with zero attached hydrogens (tertiary/aromatic N) is 1. The summed E-state index contributed by atoms with van der Waals surface area (Å²) in [5, 5.41) is 13.8. The Morgan fingerprint density at radius 3 is 1.24 bits per heavy atom. The van der Waals surface area contributed by atoms with Gasteiger partial charge in [0.25, 0.3) is 0 Å². The lowest BCUT2D eigenvalue weighted by Gasteiger charge is -2.25. The second-order valence-corrected chi connectivity index (χ2v) is 20.7. The normalized spacial score (nSPS) is 15.1. The van der Waals surface area contributed by atoms with Crippen molar-refractivity contribution < 1.29 is 32.9 Å². The summed E-state index contributed by atoms with van der Waals surface area (Å²) in [6, 6.07) is -0.860. The Morgan fingerprint density at radius 1 is 0.493 bits per heavy atom.